The van der Waals surface area contributed by atoms with Crippen molar-refractivity contribution >= 4 is 82.1 Å². The number of hydrogen-bond acceptors (Lipinski definition) is 9. The topological polar surface area (TPSA) is 233 Å². The highest BCUT2D eigenvalue weighted by molar-refractivity contribution is 6.04. The molecule has 0 radical (unpaired) electrons. The summed E-state index contributed by atoms with van der Waals surface area (Å²) in [6, 6.07) is 33.2. The third kappa shape index (κ3) is 7.71. The summed E-state index contributed by atoms with van der Waals surface area (Å²) in [5.41, 5.74) is 10.0. The highest BCUT2D eigenvalue weighted by Crippen LogP contribution is 2.39. The normalized spacial score (nSPS) is 13.0. The van der Waals surface area contributed by atoms with Gasteiger partial charge in [0, 0.05) is 57.2 Å². The van der Waals surface area contributed by atoms with E-state index in [-0.39, 0.29) is 35.1 Å². The van der Waals surface area contributed by atoms with Gasteiger partial charge in [0.1, 0.15) is 0 Å². The van der Waals surface area contributed by atoms with E-state index in [1.165, 1.54) is 48.5 Å². The van der Waals surface area contributed by atoms with Crippen molar-refractivity contribution < 1.29 is 48.9 Å². The maximum absolute atomic E-state index is 13.2. The van der Waals surface area contributed by atoms with Gasteiger partial charge in [-0.2, -0.15) is 0 Å². The first-order valence-corrected chi connectivity index (χ1v) is 20.8. The third-order valence-corrected chi connectivity index (χ3v) is 11.6. The number of carbonyl (C=O) groups is 6. The van der Waals surface area contributed by atoms with E-state index in [4.69, 9.17) is 14.8 Å². The Balaban J connectivity index is 1.27. The minimum Gasteiger partial charge on any atom is -0.478 e. The maximum Gasteiger partial charge on any atom is 0.363 e. The molecule has 15 heteroatoms. The Morgan fingerprint density at radius 3 is 0.955 bits per heavy atom. The van der Waals surface area contributed by atoms with Crippen LogP contribution in [0, 0.1) is 0 Å². The van der Waals surface area contributed by atoms with Gasteiger partial charge in [0.2, 0.25) is 0 Å². The number of aromatic nitrogens is 4. The van der Waals surface area contributed by atoms with Gasteiger partial charge in [0.05, 0.1) is 45.0 Å². The largest absolute Gasteiger partial charge is 0.478 e. The first kappa shape index (κ1) is 41.5. The van der Waals surface area contributed by atoms with E-state index in [1.807, 2.05) is 48.6 Å². The second-order valence-corrected chi connectivity index (χ2v) is 15.7. The van der Waals surface area contributed by atoms with E-state index in [2.05, 4.69) is 9.97 Å². The molecule has 67 heavy (non-hydrogen) atoms. The molecular weight excluding hydrogens is 855 g/mol. The summed E-state index contributed by atoms with van der Waals surface area (Å²) in [4.78, 5) is 95.9. The number of carboxylic acids is 3. The van der Waals surface area contributed by atoms with E-state index in [9.17, 15) is 44.1 Å². The Kier molecular flexibility index (Phi) is 10.3. The monoisotopic (exact) mass is 887 g/mol. The van der Waals surface area contributed by atoms with Gasteiger partial charge in [-0.1, -0.05) is 48.5 Å². The number of rotatable bonds is 9. The molecule has 2 amide bonds. The van der Waals surface area contributed by atoms with Crippen molar-refractivity contribution in [3.05, 3.63) is 166 Å². The van der Waals surface area contributed by atoms with Crippen molar-refractivity contribution in [2.45, 2.75) is 12.8 Å². The molecule has 7 aromatic rings. The first-order chi connectivity index (χ1) is 32.4. The predicted molar refractivity (Wildman–Crippen MR) is 248 cm³/mol. The number of carboxylic acid groups (broad SMARTS) is 3. The smallest absolute Gasteiger partial charge is 0.363 e. The van der Waals surface area contributed by atoms with Crippen molar-refractivity contribution in [1.82, 2.24) is 25.0 Å². The molecule has 4 aromatic carbocycles. The highest BCUT2D eigenvalue weighted by atomic mass is 16.7. The Labute approximate surface area is 378 Å². The van der Waals surface area contributed by atoms with Gasteiger partial charge in [0.25, 0.3) is 11.8 Å². The lowest BCUT2D eigenvalue weighted by Gasteiger charge is -2.12. The predicted octanol–water partition coefficient (Wildman–Crippen LogP) is 9.64. The molecule has 5 N–H and O–H groups in total. The molecule has 326 valence electrons. The molecule has 0 atom stereocenters. The van der Waals surface area contributed by atoms with E-state index in [0.717, 1.165) is 0 Å². The molecule has 3 aliphatic rings. The van der Waals surface area contributed by atoms with Crippen molar-refractivity contribution in [3.63, 3.8) is 0 Å². The van der Waals surface area contributed by atoms with Gasteiger partial charge in [-0.25, -0.2) is 29.1 Å². The number of benzene rings is 4. The second-order valence-electron chi connectivity index (χ2n) is 15.7. The van der Waals surface area contributed by atoms with Gasteiger partial charge < -0.3 is 30.1 Å². The summed E-state index contributed by atoms with van der Waals surface area (Å²) in [6.07, 6.45) is 7.29. The third-order valence-electron chi connectivity index (χ3n) is 11.6. The van der Waals surface area contributed by atoms with Crippen LogP contribution in [-0.4, -0.2) is 76.0 Å². The summed E-state index contributed by atoms with van der Waals surface area (Å²) >= 11 is 0. The molecule has 1 fully saturated rings. The lowest BCUT2D eigenvalue weighted by atomic mass is 10.0. The Morgan fingerprint density at radius 2 is 0.687 bits per heavy atom. The van der Waals surface area contributed by atoms with Crippen LogP contribution >= 0.6 is 0 Å². The second kappa shape index (κ2) is 16.6. The number of hydroxylamine groups is 2. The molecule has 1 saturated heterocycles. The first-order valence-electron chi connectivity index (χ1n) is 20.8. The fourth-order valence-corrected chi connectivity index (χ4v) is 8.33. The van der Waals surface area contributed by atoms with Crippen LogP contribution in [-0.2, 0) is 14.4 Å². The van der Waals surface area contributed by atoms with Crippen LogP contribution in [0.3, 0.4) is 0 Å². The number of aromatic carboxylic acids is 3. The minimum absolute atomic E-state index is 0.0478. The van der Waals surface area contributed by atoms with Gasteiger partial charge in [0.15, 0.2) is 0 Å². The zero-order chi connectivity index (χ0) is 46.5. The van der Waals surface area contributed by atoms with E-state index >= 15 is 0 Å². The molecule has 6 heterocycles. The molecule has 0 unspecified atom stereocenters. The summed E-state index contributed by atoms with van der Waals surface area (Å²) in [7, 11) is 0. The average Bonchev–Trinajstić information content (AvgIpc) is 4.21. The molecule has 3 aliphatic heterocycles. The lowest BCUT2D eigenvalue weighted by molar-refractivity contribution is -0.172. The van der Waals surface area contributed by atoms with E-state index in [1.54, 1.807) is 48.5 Å². The number of aromatic amines is 2. The number of hydrogen-bond donors (Lipinski definition) is 5. The molecule has 0 saturated carbocycles. The van der Waals surface area contributed by atoms with E-state index < -0.39 is 35.7 Å². The number of H-pyrrole nitrogens is 2. The average molecular weight is 888 g/mol. The Bertz CT molecular complexity index is 3440. The number of fused-ring (bicyclic) bond motifs is 8. The summed E-state index contributed by atoms with van der Waals surface area (Å²) < 4.78 is 0. The van der Waals surface area contributed by atoms with Crippen LogP contribution in [0.4, 0.5) is 0 Å². The molecular formula is C52H33N5O10. The Hall–Kier alpha value is -9.50. The molecule has 10 rings (SSSR count). The van der Waals surface area contributed by atoms with E-state index in [0.29, 0.717) is 94.4 Å². The highest BCUT2D eigenvalue weighted by Gasteiger charge is 2.33. The zero-order valence-corrected chi connectivity index (χ0v) is 34.8. The molecule has 0 aliphatic carbocycles. The minimum atomic E-state index is -1.08. The zero-order valence-electron chi connectivity index (χ0n) is 34.8. The molecule has 15 nitrogen and oxygen atoms in total. The van der Waals surface area contributed by atoms with Crippen LogP contribution in [0.5, 0.6) is 0 Å². The van der Waals surface area contributed by atoms with Crippen LogP contribution in [0.1, 0.15) is 77.0 Å². The van der Waals surface area contributed by atoms with Gasteiger partial charge in [-0.05, 0) is 119 Å². The quantitative estimate of drug-likeness (QED) is 0.0853. The van der Waals surface area contributed by atoms with Gasteiger partial charge >= 0.3 is 23.9 Å². The van der Waals surface area contributed by atoms with Crippen molar-refractivity contribution in [2.75, 3.05) is 0 Å². The number of imide groups is 1. The van der Waals surface area contributed by atoms with Gasteiger partial charge in [-0.15, -0.1) is 5.06 Å². The molecule has 0 spiro atoms. The standard InChI is InChI=1S/C52H33N5O10/c58-43-25-26-44(59)57(43)67-52(66)34-15-7-30(8-16-34)48-41-23-21-39(55-41)46(28-3-11-32(12-4-28)50(62)63)37-19-17-35(53-37)45(27-1-9-31(10-2-27)49(60)61)36-18-20-38(54-36)47(40-22-24-42(48)56-40)29-5-13-33(14-6-29)51(64)65/h1-24,53,56H,25-26H2,(H,60,61)(H,62,63)(H,64,65). The summed E-state index contributed by atoms with van der Waals surface area (Å²) in [6.45, 7) is 0. The van der Waals surface area contributed by atoms with Crippen LogP contribution in [0.25, 0.3) is 90.9 Å². The fourth-order valence-electron chi connectivity index (χ4n) is 8.33. The van der Waals surface area contributed by atoms with Crippen molar-refractivity contribution in [1.29, 1.82) is 0 Å². The van der Waals surface area contributed by atoms with Crippen LogP contribution < -0.4 is 0 Å². The van der Waals surface area contributed by atoms with Crippen LogP contribution in [0.15, 0.2) is 121 Å². The van der Waals surface area contributed by atoms with Gasteiger partial charge in [-0.3, -0.25) is 9.59 Å². The number of nitrogens with one attached hydrogen (secondary N) is 2. The number of nitrogens with zero attached hydrogens (tertiary/aromatic N) is 3. The number of carbonyl (C=O) groups excluding carboxylic acids is 3. The number of amides is 2. The maximum atomic E-state index is 13.2. The lowest BCUT2D eigenvalue weighted by Crippen LogP contribution is -2.32. The van der Waals surface area contributed by atoms with Crippen molar-refractivity contribution in [2.24, 2.45) is 0 Å². The van der Waals surface area contributed by atoms with Crippen LogP contribution in [0.2, 0.25) is 0 Å². The summed E-state index contributed by atoms with van der Waals surface area (Å²) in [5.74, 6) is -5.34. The SMILES string of the molecule is O=C(O)c1ccc(-c2c3nc(c(-c4ccc(C(=O)O)cc4)c4ccc([nH]4)c(-c4ccc(C(=O)ON5C(=O)CCC5=O)cc4)c4nc(c(-c5ccc(C(=O)O)cc5)c5ccc2[nH]5)C=C4)C=C3)cc1. The fraction of sp³-hybridized carbons (Fsp3) is 0.0385. The Morgan fingerprint density at radius 1 is 0.418 bits per heavy atom. The van der Waals surface area contributed by atoms with Crippen molar-refractivity contribution in [3.8, 4) is 44.5 Å². The molecule has 3 aromatic heterocycles. The summed E-state index contributed by atoms with van der Waals surface area (Å²) in [5, 5.41) is 29.7. The molecule has 8 bridgehead atoms.